The van der Waals surface area contributed by atoms with Gasteiger partial charge in [-0.1, -0.05) is 23.7 Å². The number of carbonyl (C=O) groups is 3. The Labute approximate surface area is 140 Å². The second kappa shape index (κ2) is 8.11. The molecule has 126 valence electrons. The maximum atomic E-state index is 12.9. The Morgan fingerprint density at radius 2 is 1.61 bits per heavy atom. The summed E-state index contributed by atoms with van der Waals surface area (Å²) in [6.45, 7) is 6.61. The molecular formula is C17H21ClO5. The van der Waals surface area contributed by atoms with E-state index in [4.69, 9.17) is 21.1 Å². The number of hydrogen-bond donors (Lipinski definition) is 0. The van der Waals surface area contributed by atoms with Crippen LogP contribution in [-0.4, -0.2) is 30.9 Å². The van der Waals surface area contributed by atoms with Crippen molar-refractivity contribution in [2.45, 2.75) is 33.1 Å². The van der Waals surface area contributed by atoms with E-state index in [9.17, 15) is 14.4 Å². The van der Waals surface area contributed by atoms with Crippen LogP contribution in [0.3, 0.4) is 0 Å². The van der Waals surface area contributed by atoms with Gasteiger partial charge in [-0.05, 0) is 45.4 Å². The van der Waals surface area contributed by atoms with Gasteiger partial charge in [-0.15, -0.1) is 0 Å². The Balaban J connectivity index is 3.21. The average Bonchev–Trinajstić information content (AvgIpc) is 2.47. The molecule has 0 aliphatic carbocycles. The number of rotatable bonds is 7. The van der Waals surface area contributed by atoms with Gasteiger partial charge in [-0.2, -0.15) is 0 Å². The topological polar surface area (TPSA) is 69.7 Å². The third-order valence-corrected chi connectivity index (χ3v) is 3.70. The SMILES string of the molecule is CCOC(=O)C(C(=O)OCC)C(=O)C(C)(C)c1cccc(Cl)c1. The molecule has 23 heavy (non-hydrogen) atoms. The molecule has 0 amide bonds. The molecule has 1 rings (SSSR count). The highest BCUT2D eigenvalue weighted by Crippen LogP contribution is 2.30. The van der Waals surface area contributed by atoms with Crippen LogP contribution in [-0.2, 0) is 29.3 Å². The maximum absolute atomic E-state index is 12.9. The van der Waals surface area contributed by atoms with Crippen LogP contribution >= 0.6 is 11.6 Å². The van der Waals surface area contributed by atoms with Gasteiger partial charge >= 0.3 is 11.9 Å². The molecule has 0 unspecified atom stereocenters. The minimum absolute atomic E-state index is 0.0691. The van der Waals surface area contributed by atoms with Crippen molar-refractivity contribution in [3.05, 3.63) is 34.9 Å². The van der Waals surface area contributed by atoms with Crippen LogP contribution in [0.5, 0.6) is 0 Å². The van der Waals surface area contributed by atoms with Crippen LogP contribution < -0.4 is 0 Å². The Bertz CT molecular complexity index is 576. The number of ether oxygens (including phenoxy) is 2. The van der Waals surface area contributed by atoms with Crippen LogP contribution in [0.4, 0.5) is 0 Å². The van der Waals surface area contributed by atoms with E-state index >= 15 is 0 Å². The maximum Gasteiger partial charge on any atom is 0.328 e. The van der Waals surface area contributed by atoms with Crippen molar-refractivity contribution in [3.63, 3.8) is 0 Å². The molecule has 0 saturated carbocycles. The number of carbonyl (C=O) groups excluding carboxylic acids is 3. The third-order valence-electron chi connectivity index (χ3n) is 3.47. The van der Waals surface area contributed by atoms with Crippen LogP contribution in [0, 0.1) is 5.92 Å². The van der Waals surface area contributed by atoms with Gasteiger partial charge < -0.3 is 9.47 Å². The fourth-order valence-electron chi connectivity index (χ4n) is 2.14. The van der Waals surface area contributed by atoms with Gasteiger partial charge in [-0.3, -0.25) is 14.4 Å². The van der Waals surface area contributed by atoms with Gasteiger partial charge in [0.05, 0.1) is 13.2 Å². The molecular weight excluding hydrogens is 320 g/mol. The molecule has 0 atom stereocenters. The van der Waals surface area contributed by atoms with Gasteiger partial charge in [0.25, 0.3) is 0 Å². The molecule has 6 heteroatoms. The van der Waals surface area contributed by atoms with Crippen LogP contribution in [0.1, 0.15) is 33.3 Å². The lowest BCUT2D eigenvalue weighted by atomic mass is 9.75. The molecule has 0 heterocycles. The third kappa shape index (κ3) is 4.55. The number of halogens is 1. The Morgan fingerprint density at radius 1 is 1.09 bits per heavy atom. The number of benzene rings is 1. The number of hydrogen-bond acceptors (Lipinski definition) is 5. The Hall–Kier alpha value is -1.88. The zero-order chi connectivity index (χ0) is 17.6. The predicted octanol–water partition coefficient (Wildman–Crippen LogP) is 2.93. The molecule has 0 spiro atoms. The van der Waals surface area contributed by atoms with Gasteiger partial charge in [0, 0.05) is 10.4 Å². The summed E-state index contributed by atoms with van der Waals surface area (Å²) in [6.07, 6.45) is 0. The molecule has 0 aliphatic heterocycles. The Morgan fingerprint density at radius 3 is 2.04 bits per heavy atom. The fraction of sp³-hybridized carbons (Fsp3) is 0.471. The van der Waals surface area contributed by atoms with Gasteiger partial charge in [0.2, 0.25) is 5.92 Å². The Kier molecular flexibility index (Phi) is 6.76. The first-order valence-electron chi connectivity index (χ1n) is 7.39. The minimum Gasteiger partial charge on any atom is -0.465 e. The second-order valence-corrected chi connectivity index (χ2v) is 5.87. The van der Waals surface area contributed by atoms with E-state index < -0.39 is 29.1 Å². The lowest BCUT2D eigenvalue weighted by Gasteiger charge is -2.27. The first-order valence-corrected chi connectivity index (χ1v) is 7.77. The molecule has 0 radical (unpaired) electrons. The normalized spacial score (nSPS) is 11.2. The minimum atomic E-state index is -1.61. The summed E-state index contributed by atoms with van der Waals surface area (Å²) in [4.78, 5) is 37.0. The molecule has 0 aromatic heterocycles. The summed E-state index contributed by atoms with van der Waals surface area (Å²) in [6, 6.07) is 6.74. The predicted molar refractivity (Wildman–Crippen MR) is 86.2 cm³/mol. The number of ketones is 1. The largest absolute Gasteiger partial charge is 0.465 e. The number of esters is 2. The van der Waals surface area contributed by atoms with Crippen molar-refractivity contribution in [2.24, 2.45) is 5.92 Å². The quantitative estimate of drug-likeness (QED) is 0.564. The summed E-state index contributed by atoms with van der Waals surface area (Å²) >= 11 is 5.97. The standard InChI is InChI=1S/C17H21ClO5/c1-5-22-15(20)13(16(21)23-6-2)14(19)17(3,4)11-8-7-9-12(18)10-11/h7-10,13H,5-6H2,1-4H3. The molecule has 1 aromatic carbocycles. The first-order chi connectivity index (χ1) is 10.8. The summed E-state index contributed by atoms with van der Waals surface area (Å²) in [7, 11) is 0. The second-order valence-electron chi connectivity index (χ2n) is 5.44. The van der Waals surface area contributed by atoms with Crippen LogP contribution in [0.15, 0.2) is 24.3 Å². The lowest BCUT2D eigenvalue weighted by molar-refractivity contribution is -0.165. The molecule has 0 bridgehead atoms. The summed E-state index contributed by atoms with van der Waals surface area (Å²) < 4.78 is 9.72. The van der Waals surface area contributed by atoms with E-state index in [-0.39, 0.29) is 13.2 Å². The average molecular weight is 341 g/mol. The first kappa shape index (κ1) is 19.2. The van der Waals surface area contributed by atoms with Crippen molar-refractivity contribution in [3.8, 4) is 0 Å². The zero-order valence-electron chi connectivity index (χ0n) is 13.7. The van der Waals surface area contributed by atoms with E-state index in [0.29, 0.717) is 10.6 Å². The van der Waals surface area contributed by atoms with Gasteiger partial charge in [0.1, 0.15) is 0 Å². The van der Waals surface area contributed by atoms with E-state index in [1.165, 1.54) is 0 Å². The molecule has 0 saturated heterocycles. The molecule has 0 aliphatic rings. The van der Waals surface area contributed by atoms with E-state index in [1.807, 2.05) is 0 Å². The lowest BCUT2D eigenvalue weighted by Crippen LogP contribution is -2.44. The van der Waals surface area contributed by atoms with Crippen molar-refractivity contribution in [1.29, 1.82) is 0 Å². The van der Waals surface area contributed by atoms with Crippen LogP contribution in [0.2, 0.25) is 5.02 Å². The molecule has 0 fully saturated rings. The summed E-state index contributed by atoms with van der Waals surface area (Å²) in [5.41, 5.74) is -0.497. The number of Topliss-reactive ketones (excluding diaryl/α,β-unsaturated/α-hetero) is 1. The molecule has 0 N–H and O–H groups in total. The molecule has 1 aromatic rings. The van der Waals surface area contributed by atoms with E-state index in [2.05, 4.69) is 0 Å². The highest BCUT2D eigenvalue weighted by Gasteiger charge is 2.45. The summed E-state index contributed by atoms with van der Waals surface area (Å²) in [5.74, 6) is -3.99. The highest BCUT2D eigenvalue weighted by atomic mass is 35.5. The van der Waals surface area contributed by atoms with E-state index in [0.717, 1.165) is 0 Å². The smallest absolute Gasteiger partial charge is 0.328 e. The van der Waals surface area contributed by atoms with Crippen molar-refractivity contribution >= 4 is 29.3 Å². The van der Waals surface area contributed by atoms with Gasteiger partial charge in [-0.25, -0.2) is 0 Å². The zero-order valence-corrected chi connectivity index (χ0v) is 14.5. The van der Waals surface area contributed by atoms with Crippen molar-refractivity contribution in [2.75, 3.05) is 13.2 Å². The van der Waals surface area contributed by atoms with Gasteiger partial charge in [0.15, 0.2) is 5.78 Å². The monoisotopic (exact) mass is 340 g/mol. The van der Waals surface area contributed by atoms with Crippen molar-refractivity contribution < 1.29 is 23.9 Å². The fourth-order valence-corrected chi connectivity index (χ4v) is 2.33. The van der Waals surface area contributed by atoms with E-state index in [1.54, 1.807) is 52.0 Å². The van der Waals surface area contributed by atoms with Crippen molar-refractivity contribution in [1.82, 2.24) is 0 Å². The summed E-state index contributed by atoms with van der Waals surface area (Å²) in [5, 5.41) is 0.465. The highest BCUT2D eigenvalue weighted by molar-refractivity contribution is 6.30. The molecule has 5 nitrogen and oxygen atoms in total. The van der Waals surface area contributed by atoms with Crippen LogP contribution in [0.25, 0.3) is 0 Å².